The van der Waals surface area contributed by atoms with Crippen molar-refractivity contribution in [3.63, 3.8) is 0 Å². The number of para-hydroxylation sites is 1. The molecule has 0 saturated heterocycles. The maximum absolute atomic E-state index is 13.7. The summed E-state index contributed by atoms with van der Waals surface area (Å²) in [4.78, 5) is 28.5. The van der Waals surface area contributed by atoms with Crippen molar-refractivity contribution in [2.75, 3.05) is 13.1 Å². The number of hydrogen-bond acceptors (Lipinski definition) is 2. The van der Waals surface area contributed by atoms with Crippen LogP contribution in [0.4, 0.5) is 0 Å². The Labute approximate surface area is 219 Å². The summed E-state index contributed by atoms with van der Waals surface area (Å²) < 4.78 is 2.21. The Hall–Kier alpha value is -3.86. The van der Waals surface area contributed by atoms with Gasteiger partial charge in [-0.15, -0.1) is 0 Å². The van der Waals surface area contributed by atoms with E-state index < -0.39 is 0 Å². The molecule has 1 unspecified atom stereocenters. The predicted octanol–water partition coefficient (Wildman–Crippen LogP) is 6.48. The molecule has 3 aromatic carbocycles. The molecule has 37 heavy (non-hydrogen) atoms. The fraction of sp³-hybridized carbons (Fsp3) is 0.312. The van der Waals surface area contributed by atoms with Gasteiger partial charge >= 0.3 is 0 Å². The molecular weight excluding hydrogens is 458 g/mol. The van der Waals surface area contributed by atoms with E-state index in [1.165, 1.54) is 19.3 Å². The van der Waals surface area contributed by atoms with E-state index in [4.69, 9.17) is 0 Å². The molecule has 2 amide bonds. The Morgan fingerprint density at radius 1 is 0.865 bits per heavy atom. The second-order valence-corrected chi connectivity index (χ2v) is 9.89. The minimum Gasteiger partial charge on any atom is -0.355 e. The minimum absolute atomic E-state index is 0.0323. The van der Waals surface area contributed by atoms with Gasteiger partial charge in [0.05, 0.1) is 11.7 Å². The van der Waals surface area contributed by atoms with Crippen molar-refractivity contribution in [3.8, 4) is 11.3 Å². The molecule has 5 nitrogen and oxygen atoms in total. The van der Waals surface area contributed by atoms with Crippen LogP contribution in [0.25, 0.3) is 22.2 Å². The Morgan fingerprint density at radius 3 is 2.38 bits per heavy atom. The van der Waals surface area contributed by atoms with Crippen LogP contribution in [0.3, 0.4) is 0 Å². The zero-order valence-electron chi connectivity index (χ0n) is 21.7. The van der Waals surface area contributed by atoms with Gasteiger partial charge in [-0.25, -0.2) is 0 Å². The molecule has 1 atom stereocenters. The number of benzene rings is 3. The zero-order valence-corrected chi connectivity index (χ0v) is 21.7. The number of aryl methyl sites for hydroxylation is 1. The first-order chi connectivity index (χ1) is 18.1. The molecule has 2 heterocycles. The lowest BCUT2D eigenvalue weighted by molar-refractivity contribution is -0.122. The van der Waals surface area contributed by atoms with E-state index in [2.05, 4.69) is 48.1 Å². The van der Waals surface area contributed by atoms with E-state index in [1.807, 2.05) is 54.6 Å². The molecule has 1 aliphatic rings. The van der Waals surface area contributed by atoms with Crippen LogP contribution >= 0.6 is 0 Å². The predicted molar refractivity (Wildman–Crippen MR) is 149 cm³/mol. The number of aromatic nitrogens is 1. The van der Waals surface area contributed by atoms with E-state index in [9.17, 15) is 9.59 Å². The van der Waals surface area contributed by atoms with Crippen molar-refractivity contribution < 1.29 is 9.59 Å². The third-order valence-corrected chi connectivity index (χ3v) is 7.44. The number of carbonyl (C=O) groups excluding carboxylic acids is 2. The van der Waals surface area contributed by atoms with Gasteiger partial charge in [-0.1, -0.05) is 99.3 Å². The highest BCUT2D eigenvalue weighted by molar-refractivity contribution is 6.03. The average molecular weight is 494 g/mol. The molecule has 190 valence electrons. The van der Waals surface area contributed by atoms with Gasteiger partial charge in [0.1, 0.15) is 6.54 Å². The van der Waals surface area contributed by atoms with Gasteiger partial charge in [0.2, 0.25) is 5.91 Å². The summed E-state index contributed by atoms with van der Waals surface area (Å²) in [6.07, 6.45) is 5.69. The fourth-order valence-corrected chi connectivity index (χ4v) is 5.66. The van der Waals surface area contributed by atoms with Crippen LogP contribution in [0.2, 0.25) is 0 Å². The summed E-state index contributed by atoms with van der Waals surface area (Å²) in [7, 11) is 2.08. The largest absolute Gasteiger partial charge is 0.355 e. The van der Waals surface area contributed by atoms with Gasteiger partial charge in [0.25, 0.3) is 5.91 Å². The van der Waals surface area contributed by atoms with Gasteiger partial charge < -0.3 is 14.8 Å². The molecule has 0 bridgehead atoms. The first-order valence-corrected chi connectivity index (χ1v) is 13.4. The highest BCUT2D eigenvalue weighted by atomic mass is 16.2. The summed E-state index contributed by atoms with van der Waals surface area (Å²) in [5, 5.41) is 4.15. The van der Waals surface area contributed by atoms with Crippen molar-refractivity contribution in [2.45, 2.75) is 45.1 Å². The maximum atomic E-state index is 13.7. The zero-order chi connectivity index (χ0) is 25.8. The molecule has 0 spiro atoms. The van der Waals surface area contributed by atoms with Crippen molar-refractivity contribution in [3.05, 3.63) is 95.6 Å². The van der Waals surface area contributed by atoms with Crippen LogP contribution in [0.15, 0.2) is 78.9 Å². The van der Waals surface area contributed by atoms with Crippen molar-refractivity contribution in [2.24, 2.45) is 7.05 Å². The molecule has 0 radical (unpaired) electrons. The van der Waals surface area contributed by atoms with Crippen LogP contribution in [-0.4, -0.2) is 34.4 Å². The van der Waals surface area contributed by atoms with Crippen LogP contribution < -0.4 is 5.32 Å². The molecule has 5 heteroatoms. The number of amides is 2. The summed E-state index contributed by atoms with van der Waals surface area (Å²) in [6.45, 7) is 2.87. The first-order valence-electron chi connectivity index (χ1n) is 13.4. The summed E-state index contributed by atoms with van der Waals surface area (Å²) in [5.41, 5.74) is 5.95. The molecule has 5 rings (SSSR count). The highest BCUT2D eigenvalue weighted by Gasteiger charge is 2.41. The second kappa shape index (κ2) is 11.0. The molecule has 0 aliphatic carbocycles. The van der Waals surface area contributed by atoms with E-state index in [0.717, 1.165) is 46.1 Å². The van der Waals surface area contributed by atoms with Crippen LogP contribution in [0.1, 0.15) is 66.6 Å². The first kappa shape index (κ1) is 24.8. The normalized spacial score (nSPS) is 14.8. The van der Waals surface area contributed by atoms with Crippen LogP contribution in [0.5, 0.6) is 0 Å². The molecule has 1 N–H and O–H groups in total. The lowest BCUT2D eigenvalue weighted by Crippen LogP contribution is -2.40. The van der Waals surface area contributed by atoms with E-state index in [0.29, 0.717) is 12.1 Å². The molecule has 1 aromatic heterocycles. The summed E-state index contributed by atoms with van der Waals surface area (Å²) >= 11 is 0. The van der Waals surface area contributed by atoms with Gasteiger partial charge in [-0.2, -0.15) is 0 Å². The molecule has 1 aliphatic heterocycles. The van der Waals surface area contributed by atoms with Crippen molar-refractivity contribution >= 4 is 22.7 Å². The average Bonchev–Trinajstić information content (AvgIpc) is 3.37. The summed E-state index contributed by atoms with van der Waals surface area (Å²) in [6, 6.07) is 26.1. The monoisotopic (exact) mass is 493 g/mol. The highest BCUT2D eigenvalue weighted by Crippen LogP contribution is 2.46. The Morgan fingerprint density at radius 2 is 1.57 bits per heavy atom. The topological polar surface area (TPSA) is 54.3 Å². The van der Waals surface area contributed by atoms with Gasteiger partial charge in [-0.3, -0.25) is 9.59 Å². The second-order valence-electron chi connectivity index (χ2n) is 9.89. The molecule has 4 aromatic rings. The molecule has 0 fully saturated rings. The third-order valence-electron chi connectivity index (χ3n) is 7.44. The Balaban J connectivity index is 1.54. The fourth-order valence-electron chi connectivity index (χ4n) is 5.66. The number of fused-ring (bicyclic) bond motifs is 2. The van der Waals surface area contributed by atoms with Gasteiger partial charge in [-0.05, 0) is 29.7 Å². The Kier molecular flexibility index (Phi) is 7.40. The number of nitrogens with one attached hydrogen (secondary N) is 1. The number of rotatable bonds is 10. The lowest BCUT2D eigenvalue weighted by atomic mass is 9.93. The SMILES string of the molecule is CCCCCCCNC(=O)CN1C(=O)c2ccccc2C1c1c(-c2ccccc2)n(C)c2ccccc12. The lowest BCUT2D eigenvalue weighted by Gasteiger charge is -2.26. The third kappa shape index (κ3) is 4.78. The van der Waals surface area contributed by atoms with Gasteiger partial charge in [0, 0.05) is 35.6 Å². The minimum atomic E-state index is -0.347. The molecular formula is C32H35N3O2. The Bertz CT molecular complexity index is 1410. The van der Waals surface area contributed by atoms with Crippen molar-refractivity contribution in [1.29, 1.82) is 0 Å². The van der Waals surface area contributed by atoms with Crippen LogP contribution in [-0.2, 0) is 11.8 Å². The quantitative estimate of drug-likeness (QED) is 0.257. The van der Waals surface area contributed by atoms with E-state index in [1.54, 1.807) is 4.90 Å². The van der Waals surface area contributed by atoms with Gasteiger partial charge in [0.15, 0.2) is 0 Å². The smallest absolute Gasteiger partial charge is 0.255 e. The number of hydrogen-bond donors (Lipinski definition) is 1. The van der Waals surface area contributed by atoms with E-state index >= 15 is 0 Å². The summed E-state index contributed by atoms with van der Waals surface area (Å²) in [5.74, 6) is -0.200. The number of nitrogens with zero attached hydrogens (tertiary/aromatic N) is 2. The van der Waals surface area contributed by atoms with Crippen molar-refractivity contribution in [1.82, 2.24) is 14.8 Å². The van der Waals surface area contributed by atoms with Crippen LogP contribution in [0, 0.1) is 0 Å². The number of carbonyl (C=O) groups is 2. The number of unbranched alkanes of at least 4 members (excludes halogenated alkanes) is 4. The maximum Gasteiger partial charge on any atom is 0.255 e. The van der Waals surface area contributed by atoms with E-state index in [-0.39, 0.29) is 24.4 Å². The standard InChI is InChI=1S/C32H35N3O2/c1-3-4-5-6-14-21-33-28(36)22-35-31(24-17-10-11-18-25(24)32(35)37)29-26-19-12-13-20-27(26)34(2)30(29)23-15-8-7-9-16-23/h7-13,15-20,31H,3-6,14,21-22H2,1-2H3,(H,33,36). The molecule has 0 saturated carbocycles.